The number of benzene rings is 1. The SMILES string of the molecule is COc1ccc(CN2CCc3c(COCC4CC4)cncc3C2)cc1. The minimum absolute atomic E-state index is 0.713. The number of ether oxygens (including phenoxy) is 2. The van der Waals surface area contributed by atoms with Gasteiger partial charge < -0.3 is 9.47 Å². The van der Waals surface area contributed by atoms with E-state index in [0.29, 0.717) is 6.61 Å². The zero-order valence-corrected chi connectivity index (χ0v) is 14.9. The first kappa shape index (κ1) is 16.6. The van der Waals surface area contributed by atoms with Gasteiger partial charge in [-0.2, -0.15) is 0 Å². The summed E-state index contributed by atoms with van der Waals surface area (Å²) in [5, 5.41) is 0. The number of hydrogen-bond donors (Lipinski definition) is 0. The van der Waals surface area contributed by atoms with Gasteiger partial charge in [0, 0.05) is 38.6 Å². The van der Waals surface area contributed by atoms with Crippen molar-refractivity contribution in [2.24, 2.45) is 5.92 Å². The molecule has 1 fully saturated rings. The molecule has 132 valence electrons. The van der Waals surface area contributed by atoms with Crippen molar-refractivity contribution < 1.29 is 9.47 Å². The van der Waals surface area contributed by atoms with E-state index >= 15 is 0 Å². The van der Waals surface area contributed by atoms with Crippen LogP contribution in [0.2, 0.25) is 0 Å². The minimum Gasteiger partial charge on any atom is -0.497 e. The summed E-state index contributed by atoms with van der Waals surface area (Å²) >= 11 is 0. The molecule has 25 heavy (non-hydrogen) atoms. The maximum absolute atomic E-state index is 5.89. The molecule has 4 nitrogen and oxygen atoms in total. The second-order valence-electron chi connectivity index (χ2n) is 7.20. The number of pyridine rings is 1. The molecule has 2 heterocycles. The quantitative estimate of drug-likeness (QED) is 0.773. The minimum atomic E-state index is 0.713. The van der Waals surface area contributed by atoms with Gasteiger partial charge in [-0.15, -0.1) is 0 Å². The van der Waals surface area contributed by atoms with E-state index in [4.69, 9.17) is 9.47 Å². The highest BCUT2D eigenvalue weighted by molar-refractivity contribution is 5.34. The fourth-order valence-corrected chi connectivity index (χ4v) is 3.50. The summed E-state index contributed by atoms with van der Waals surface area (Å²) in [5.74, 6) is 1.72. The van der Waals surface area contributed by atoms with E-state index in [0.717, 1.165) is 44.3 Å². The van der Waals surface area contributed by atoms with Gasteiger partial charge in [0.15, 0.2) is 0 Å². The second kappa shape index (κ2) is 7.54. The van der Waals surface area contributed by atoms with E-state index in [2.05, 4.69) is 22.0 Å². The summed E-state index contributed by atoms with van der Waals surface area (Å²) < 4.78 is 11.1. The number of rotatable bonds is 7. The van der Waals surface area contributed by atoms with E-state index in [1.54, 1.807) is 7.11 Å². The Kier molecular flexibility index (Phi) is 4.99. The van der Waals surface area contributed by atoms with Crippen molar-refractivity contribution in [3.8, 4) is 5.75 Å². The molecule has 1 aromatic heterocycles. The molecule has 0 atom stereocenters. The fraction of sp³-hybridized carbons (Fsp3) is 0.476. The Balaban J connectivity index is 1.38. The highest BCUT2D eigenvalue weighted by atomic mass is 16.5. The van der Waals surface area contributed by atoms with Crippen LogP contribution in [0.15, 0.2) is 36.7 Å². The van der Waals surface area contributed by atoms with Gasteiger partial charge in [0.2, 0.25) is 0 Å². The van der Waals surface area contributed by atoms with Crippen molar-refractivity contribution >= 4 is 0 Å². The second-order valence-corrected chi connectivity index (χ2v) is 7.20. The lowest BCUT2D eigenvalue weighted by molar-refractivity contribution is 0.110. The van der Waals surface area contributed by atoms with Crippen LogP contribution in [0.5, 0.6) is 5.75 Å². The molecule has 1 aliphatic carbocycles. The van der Waals surface area contributed by atoms with Crippen molar-refractivity contribution in [1.29, 1.82) is 0 Å². The molecule has 1 saturated carbocycles. The van der Waals surface area contributed by atoms with Crippen LogP contribution in [0, 0.1) is 5.92 Å². The maximum Gasteiger partial charge on any atom is 0.118 e. The van der Waals surface area contributed by atoms with E-state index < -0.39 is 0 Å². The first-order valence-electron chi connectivity index (χ1n) is 9.19. The van der Waals surface area contributed by atoms with E-state index in [1.165, 1.54) is 35.1 Å². The van der Waals surface area contributed by atoms with Crippen LogP contribution in [0.4, 0.5) is 0 Å². The molecule has 4 heteroatoms. The third-order valence-electron chi connectivity index (χ3n) is 5.18. The number of methoxy groups -OCH3 is 1. The normalized spacial score (nSPS) is 17.3. The van der Waals surface area contributed by atoms with Gasteiger partial charge in [0.05, 0.1) is 13.7 Å². The molecule has 0 radical (unpaired) electrons. The van der Waals surface area contributed by atoms with Crippen LogP contribution < -0.4 is 4.74 Å². The monoisotopic (exact) mass is 338 g/mol. The lowest BCUT2D eigenvalue weighted by Gasteiger charge is -2.29. The molecular formula is C21H26N2O2. The topological polar surface area (TPSA) is 34.6 Å². The van der Waals surface area contributed by atoms with Crippen molar-refractivity contribution in [3.63, 3.8) is 0 Å². The third-order valence-corrected chi connectivity index (χ3v) is 5.18. The number of fused-ring (bicyclic) bond motifs is 1. The van der Waals surface area contributed by atoms with Crippen molar-refractivity contribution in [3.05, 3.63) is 58.9 Å². The van der Waals surface area contributed by atoms with Crippen LogP contribution in [0.25, 0.3) is 0 Å². The number of hydrogen-bond acceptors (Lipinski definition) is 4. The average molecular weight is 338 g/mol. The van der Waals surface area contributed by atoms with Crippen LogP contribution in [0.1, 0.15) is 35.1 Å². The van der Waals surface area contributed by atoms with Crippen LogP contribution in [-0.4, -0.2) is 30.1 Å². The molecular weight excluding hydrogens is 312 g/mol. The lowest BCUT2D eigenvalue weighted by atomic mass is 9.97. The Bertz CT molecular complexity index is 710. The molecule has 0 spiro atoms. The standard InChI is InChI=1S/C21H26N2O2/c1-24-20-6-4-16(5-7-20)12-23-9-8-21-18(13-23)10-22-11-19(21)15-25-14-17-2-3-17/h4-7,10-11,17H,2-3,8-9,12-15H2,1H3. The van der Waals surface area contributed by atoms with E-state index in [-0.39, 0.29) is 0 Å². The van der Waals surface area contributed by atoms with Crippen molar-refractivity contribution in [2.45, 2.75) is 39.0 Å². The molecule has 1 aliphatic heterocycles. The fourth-order valence-electron chi connectivity index (χ4n) is 3.50. The van der Waals surface area contributed by atoms with Gasteiger partial charge >= 0.3 is 0 Å². The summed E-state index contributed by atoms with van der Waals surface area (Å²) in [6, 6.07) is 8.36. The van der Waals surface area contributed by atoms with Crippen molar-refractivity contribution in [2.75, 3.05) is 20.3 Å². The van der Waals surface area contributed by atoms with Gasteiger partial charge in [-0.05, 0) is 59.6 Å². The average Bonchev–Trinajstić information content (AvgIpc) is 3.47. The van der Waals surface area contributed by atoms with Crippen molar-refractivity contribution in [1.82, 2.24) is 9.88 Å². The Morgan fingerprint density at radius 1 is 1.16 bits per heavy atom. The Labute approximate surface area is 149 Å². The van der Waals surface area contributed by atoms with Crippen LogP contribution in [0.3, 0.4) is 0 Å². The number of aromatic nitrogens is 1. The molecule has 0 unspecified atom stereocenters. The van der Waals surface area contributed by atoms with E-state index in [9.17, 15) is 0 Å². The summed E-state index contributed by atoms with van der Waals surface area (Å²) in [7, 11) is 1.70. The van der Waals surface area contributed by atoms with Crippen LogP contribution in [-0.2, 0) is 30.9 Å². The smallest absolute Gasteiger partial charge is 0.118 e. The van der Waals surface area contributed by atoms with Gasteiger partial charge in [0.25, 0.3) is 0 Å². The predicted octanol–water partition coefficient (Wildman–Crippen LogP) is 3.58. The molecule has 2 aliphatic rings. The summed E-state index contributed by atoms with van der Waals surface area (Å²) in [6.45, 7) is 4.63. The summed E-state index contributed by atoms with van der Waals surface area (Å²) in [4.78, 5) is 6.94. The van der Waals surface area contributed by atoms with Crippen LogP contribution >= 0.6 is 0 Å². The Morgan fingerprint density at radius 2 is 2.00 bits per heavy atom. The lowest BCUT2D eigenvalue weighted by Crippen LogP contribution is -2.31. The van der Waals surface area contributed by atoms with Gasteiger partial charge in [0.1, 0.15) is 5.75 Å². The van der Waals surface area contributed by atoms with E-state index in [1.807, 2.05) is 24.5 Å². The molecule has 0 bridgehead atoms. The molecule has 4 rings (SSSR count). The first-order chi connectivity index (χ1) is 12.3. The molecule has 0 amide bonds. The zero-order chi connectivity index (χ0) is 17.1. The molecule has 0 saturated heterocycles. The largest absolute Gasteiger partial charge is 0.497 e. The first-order valence-corrected chi connectivity index (χ1v) is 9.19. The summed E-state index contributed by atoms with van der Waals surface area (Å²) in [5.41, 5.74) is 5.41. The van der Waals surface area contributed by atoms with Gasteiger partial charge in [-0.25, -0.2) is 0 Å². The highest BCUT2D eigenvalue weighted by Gasteiger charge is 2.22. The molecule has 1 aromatic carbocycles. The zero-order valence-electron chi connectivity index (χ0n) is 14.9. The summed E-state index contributed by atoms with van der Waals surface area (Å²) in [6.07, 6.45) is 7.78. The Hall–Kier alpha value is -1.91. The van der Waals surface area contributed by atoms with Gasteiger partial charge in [-0.1, -0.05) is 12.1 Å². The Morgan fingerprint density at radius 3 is 2.76 bits per heavy atom. The number of nitrogens with zero attached hydrogens (tertiary/aromatic N) is 2. The highest BCUT2D eigenvalue weighted by Crippen LogP contribution is 2.29. The molecule has 2 aromatic rings. The maximum atomic E-state index is 5.89. The third kappa shape index (κ3) is 4.20. The predicted molar refractivity (Wildman–Crippen MR) is 97.4 cm³/mol. The van der Waals surface area contributed by atoms with Gasteiger partial charge in [-0.3, -0.25) is 9.88 Å². The molecule has 0 N–H and O–H groups in total.